The number of nitrogens with two attached hydrogens (primary N) is 1. The third-order valence-electron chi connectivity index (χ3n) is 2.10. The monoisotopic (exact) mass is 441 g/mol. The van der Waals surface area contributed by atoms with Gasteiger partial charge in [-0.05, 0) is 24.1 Å². The van der Waals surface area contributed by atoms with Crippen LogP contribution in [0.5, 0.6) is 5.75 Å². The predicted molar refractivity (Wildman–Crippen MR) is 94.4 cm³/mol. The lowest BCUT2D eigenvalue weighted by molar-refractivity contribution is 0.322. The number of aliphatic imine (C=N–C) groups is 1. The van der Waals surface area contributed by atoms with Gasteiger partial charge >= 0.3 is 0 Å². The van der Waals surface area contributed by atoms with E-state index < -0.39 is 0 Å². The molecule has 0 aliphatic carbocycles. The normalized spacial score (nSPS) is 11.1. The lowest BCUT2D eigenvalue weighted by Gasteiger charge is -2.08. The highest BCUT2D eigenvalue weighted by Crippen LogP contribution is 2.17. The molecule has 1 aromatic rings. The van der Waals surface area contributed by atoms with Crippen LogP contribution in [0.3, 0.4) is 0 Å². The van der Waals surface area contributed by atoms with Gasteiger partial charge in [0.15, 0.2) is 5.96 Å². The second-order valence-corrected chi connectivity index (χ2v) is 5.27. The summed E-state index contributed by atoms with van der Waals surface area (Å²) < 4.78 is 6.57. The first-order valence-corrected chi connectivity index (χ1v) is 6.79. The summed E-state index contributed by atoms with van der Waals surface area (Å²) in [5.74, 6) is 1.83. The summed E-state index contributed by atoms with van der Waals surface area (Å²) in [4.78, 5) is 4.20. The first-order valence-electron chi connectivity index (χ1n) is 6.00. The molecule has 0 saturated carbocycles. The molecule has 0 bridgehead atoms. The van der Waals surface area contributed by atoms with E-state index in [9.17, 15) is 0 Å². The van der Waals surface area contributed by atoms with Crippen molar-refractivity contribution in [1.82, 2.24) is 5.32 Å². The fourth-order valence-electron chi connectivity index (χ4n) is 1.24. The summed E-state index contributed by atoms with van der Waals surface area (Å²) in [6, 6.07) is 7.74. The summed E-state index contributed by atoms with van der Waals surface area (Å²) in [7, 11) is 0. The van der Waals surface area contributed by atoms with E-state index in [1.165, 1.54) is 0 Å². The Balaban J connectivity index is 0.00000324. The van der Waals surface area contributed by atoms with Gasteiger partial charge in [0.05, 0.1) is 6.54 Å². The maximum absolute atomic E-state index is 5.70. The van der Waals surface area contributed by atoms with Crippen LogP contribution in [-0.2, 0) is 0 Å². The molecule has 108 valence electrons. The average molecular weight is 442 g/mol. The van der Waals surface area contributed by atoms with Crippen molar-refractivity contribution in [1.29, 1.82) is 0 Å². The van der Waals surface area contributed by atoms with Crippen LogP contribution in [0, 0.1) is 5.92 Å². The van der Waals surface area contributed by atoms with Gasteiger partial charge in [0.1, 0.15) is 12.4 Å². The molecule has 0 heterocycles. The molecular weight excluding hydrogens is 421 g/mol. The minimum Gasteiger partial charge on any atom is -0.492 e. The van der Waals surface area contributed by atoms with Crippen LogP contribution in [0.25, 0.3) is 0 Å². The highest BCUT2D eigenvalue weighted by Gasteiger charge is 1.96. The Morgan fingerprint density at radius 1 is 1.47 bits per heavy atom. The molecule has 6 heteroatoms. The van der Waals surface area contributed by atoms with E-state index in [4.69, 9.17) is 10.5 Å². The van der Waals surface area contributed by atoms with Crippen molar-refractivity contribution in [3.8, 4) is 5.75 Å². The molecule has 0 aromatic heterocycles. The van der Waals surface area contributed by atoms with E-state index in [0.29, 0.717) is 25.0 Å². The number of guanidine groups is 1. The van der Waals surface area contributed by atoms with Crippen molar-refractivity contribution in [2.75, 3.05) is 19.7 Å². The zero-order chi connectivity index (χ0) is 13.4. The molecule has 1 aromatic carbocycles. The van der Waals surface area contributed by atoms with Crippen LogP contribution in [0.15, 0.2) is 33.7 Å². The van der Waals surface area contributed by atoms with E-state index >= 15 is 0 Å². The Labute approximate surface area is 140 Å². The van der Waals surface area contributed by atoms with Gasteiger partial charge in [-0.3, -0.25) is 4.99 Å². The Morgan fingerprint density at radius 2 is 2.21 bits per heavy atom. The van der Waals surface area contributed by atoms with Crippen LogP contribution in [0.1, 0.15) is 13.8 Å². The maximum atomic E-state index is 5.70. The van der Waals surface area contributed by atoms with Crippen LogP contribution in [0.4, 0.5) is 0 Å². The van der Waals surface area contributed by atoms with E-state index in [1.54, 1.807) is 0 Å². The number of hydrogen-bond acceptors (Lipinski definition) is 2. The lowest BCUT2D eigenvalue weighted by atomic mass is 10.2. The molecule has 4 nitrogen and oxygen atoms in total. The van der Waals surface area contributed by atoms with Gasteiger partial charge in [0.2, 0.25) is 0 Å². The van der Waals surface area contributed by atoms with Crippen LogP contribution < -0.4 is 15.8 Å². The number of benzene rings is 1. The summed E-state index contributed by atoms with van der Waals surface area (Å²) in [6.07, 6.45) is 0. The topological polar surface area (TPSA) is 59.6 Å². The standard InChI is InChI=1S/C13H20BrN3O.HI/c1-10(2)9-17-13(15)16-6-7-18-12-5-3-4-11(14)8-12;/h3-5,8,10H,6-7,9H2,1-2H3,(H3,15,16,17);1H. The highest BCUT2D eigenvalue weighted by molar-refractivity contribution is 14.0. The molecular formula is C13H21BrIN3O. The fourth-order valence-corrected chi connectivity index (χ4v) is 1.62. The van der Waals surface area contributed by atoms with Crippen LogP contribution >= 0.6 is 39.9 Å². The third kappa shape index (κ3) is 9.10. The zero-order valence-electron chi connectivity index (χ0n) is 11.2. The van der Waals surface area contributed by atoms with Crippen molar-refractivity contribution >= 4 is 45.9 Å². The molecule has 3 N–H and O–H groups in total. The van der Waals surface area contributed by atoms with Gasteiger partial charge in [-0.2, -0.15) is 0 Å². The Bertz CT molecular complexity index is 399. The predicted octanol–water partition coefficient (Wildman–Crippen LogP) is 3.01. The van der Waals surface area contributed by atoms with Crippen molar-refractivity contribution in [3.05, 3.63) is 28.7 Å². The maximum Gasteiger partial charge on any atom is 0.188 e. The van der Waals surface area contributed by atoms with Gasteiger partial charge in [-0.25, -0.2) is 0 Å². The van der Waals surface area contributed by atoms with Crippen LogP contribution in [-0.4, -0.2) is 25.7 Å². The largest absolute Gasteiger partial charge is 0.492 e. The molecule has 0 amide bonds. The minimum absolute atomic E-state index is 0. The summed E-state index contributed by atoms with van der Waals surface area (Å²) in [5.41, 5.74) is 5.70. The second-order valence-electron chi connectivity index (χ2n) is 4.35. The zero-order valence-corrected chi connectivity index (χ0v) is 15.1. The van der Waals surface area contributed by atoms with Gasteiger partial charge in [-0.1, -0.05) is 35.8 Å². The van der Waals surface area contributed by atoms with Gasteiger partial charge in [0.25, 0.3) is 0 Å². The van der Waals surface area contributed by atoms with E-state index in [1.807, 2.05) is 24.3 Å². The van der Waals surface area contributed by atoms with E-state index in [0.717, 1.165) is 16.8 Å². The molecule has 1 rings (SSSR count). The lowest BCUT2D eigenvalue weighted by Crippen LogP contribution is -2.35. The van der Waals surface area contributed by atoms with E-state index in [-0.39, 0.29) is 24.0 Å². The molecule has 0 fully saturated rings. The Hall–Kier alpha value is -0.500. The Morgan fingerprint density at radius 3 is 2.84 bits per heavy atom. The number of rotatable bonds is 6. The van der Waals surface area contributed by atoms with E-state index in [2.05, 4.69) is 40.1 Å². The molecule has 0 aliphatic heterocycles. The number of hydrogen-bond donors (Lipinski definition) is 2. The quantitative estimate of drug-likeness (QED) is 0.308. The summed E-state index contributed by atoms with van der Waals surface area (Å²) in [5, 5.41) is 3.01. The van der Waals surface area contributed by atoms with Crippen molar-refractivity contribution in [3.63, 3.8) is 0 Å². The second kappa shape index (κ2) is 10.3. The number of halogens is 2. The van der Waals surface area contributed by atoms with Gasteiger partial charge < -0.3 is 15.8 Å². The van der Waals surface area contributed by atoms with Crippen molar-refractivity contribution < 1.29 is 4.74 Å². The smallest absolute Gasteiger partial charge is 0.188 e. The number of nitrogens with zero attached hydrogens (tertiary/aromatic N) is 1. The number of ether oxygens (including phenoxy) is 1. The van der Waals surface area contributed by atoms with Crippen LogP contribution in [0.2, 0.25) is 0 Å². The molecule has 0 radical (unpaired) electrons. The molecule has 0 saturated heterocycles. The third-order valence-corrected chi connectivity index (χ3v) is 2.59. The first kappa shape index (κ1) is 18.5. The molecule has 0 unspecified atom stereocenters. The molecule has 0 atom stereocenters. The van der Waals surface area contributed by atoms with Crippen molar-refractivity contribution in [2.45, 2.75) is 13.8 Å². The SMILES string of the molecule is CC(C)CN=C(N)NCCOc1cccc(Br)c1.I. The highest BCUT2D eigenvalue weighted by atomic mass is 127. The summed E-state index contributed by atoms with van der Waals surface area (Å²) in [6.45, 7) is 6.14. The van der Waals surface area contributed by atoms with Gasteiger partial charge in [-0.15, -0.1) is 24.0 Å². The molecule has 19 heavy (non-hydrogen) atoms. The minimum atomic E-state index is 0. The Kier molecular flexibility index (Phi) is 10.0. The molecule has 0 aliphatic rings. The summed E-state index contributed by atoms with van der Waals surface area (Å²) >= 11 is 3.39. The fraction of sp³-hybridized carbons (Fsp3) is 0.462. The average Bonchev–Trinajstić information content (AvgIpc) is 2.32. The molecule has 0 spiro atoms. The van der Waals surface area contributed by atoms with Crippen molar-refractivity contribution in [2.24, 2.45) is 16.6 Å². The number of nitrogens with one attached hydrogen (secondary N) is 1. The first-order chi connectivity index (χ1) is 8.58. The van der Waals surface area contributed by atoms with Gasteiger partial charge in [0, 0.05) is 11.0 Å².